The van der Waals surface area contributed by atoms with Crippen LogP contribution in [0.25, 0.3) is 0 Å². The van der Waals surface area contributed by atoms with Crippen LogP contribution in [-0.2, 0) is 9.53 Å². The van der Waals surface area contributed by atoms with Crippen LogP contribution in [0.2, 0.25) is 0 Å². The van der Waals surface area contributed by atoms with Crippen molar-refractivity contribution in [2.75, 3.05) is 37.8 Å². The zero-order valence-corrected chi connectivity index (χ0v) is 9.58. The Morgan fingerprint density at radius 3 is 2.53 bits per heavy atom. The Morgan fingerprint density at radius 2 is 1.94 bits per heavy atom. The second-order valence-electron chi connectivity index (χ2n) is 3.49. The monoisotopic (exact) mass is 239 g/mol. The van der Waals surface area contributed by atoms with Crippen LogP contribution in [0.3, 0.4) is 0 Å². The number of benzene rings is 1. The highest BCUT2D eigenvalue weighted by atomic mass is 16.5. The van der Waals surface area contributed by atoms with E-state index in [9.17, 15) is 4.79 Å². The van der Waals surface area contributed by atoms with Crippen molar-refractivity contribution in [1.29, 1.82) is 0 Å². The Balaban J connectivity index is 2.52. The van der Waals surface area contributed by atoms with Crippen LogP contribution in [0.4, 0.5) is 5.69 Å². The Bertz CT molecular complexity index is 329. The molecule has 0 unspecified atom stereocenters. The van der Waals surface area contributed by atoms with Crippen molar-refractivity contribution in [3.8, 4) is 0 Å². The van der Waals surface area contributed by atoms with Gasteiger partial charge in [-0.3, -0.25) is 4.79 Å². The fourth-order valence-corrected chi connectivity index (χ4v) is 1.44. The van der Waals surface area contributed by atoms with Crippen molar-refractivity contribution in [2.45, 2.75) is 0 Å². The molecular formula is C12H17NO4. The van der Waals surface area contributed by atoms with Crippen molar-refractivity contribution in [3.63, 3.8) is 0 Å². The number of carbonyl (C=O) groups is 1. The van der Waals surface area contributed by atoms with Crippen LogP contribution in [-0.4, -0.2) is 49.1 Å². The first-order valence-corrected chi connectivity index (χ1v) is 5.44. The molecule has 0 amide bonds. The van der Waals surface area contributed by atoms with Crippen molar-refractivity contribution >= 4 is 11.7 Å². The van der Waals surface area contributed by atoms with E-state index in [-0.39, 0.29) is 19.8 Å². The van der Waals surface area contributed by atoms with Gasteiger partial charge < -0.3 is 19.8 Å². The molecule has 94 valence electrons. The number of aliphatic carboxylic acids is 1. The summed E-state index contributed by atoms with van der Waals surface area (Å²) in [6.07, 6.45) is 0. The van der Waals surface area contributed by atoms with E-state index in [0.717, 1.165) is 5.69 Å². The predicted molar refractivity (Wildman–Crippen MR) is 64.2 cm³/mol. The summed E-state index contributed by atoms with van der Waals surface area (Å²) in [6, 6.07) is 9.31. The normalized spacial score (nSPS) is 10.2. The van der Waals surface area contributed by atoms with Crippen molar-refractivity contribution in [3.05, 3.63) is 30.3 Å². The lowest BCUT2D eigenvalue weighted by molar-refractivity contribution is -0.135. The fraction of sp³-hybridized carbons (Fsp3) is 0.417. The van der Waals surface area contributed by atoms with Gasteiger partial charge in [0.05, 0.1) is 19.8 Å². The first kappa shape index (κ1) is 13.5. The molecule has 0 atom stereocenters. The summed E-state index contributed by atoms with van der Waals surface area (Å²) in [7, 11) is 0. The van der Waals surface area contributed by atoms with Gasteiger partial charge in [0.1, 0.15) is 6.54 Å². The highest BCUT2D eigenvalue weighted by molar-refractivity contribution is 5.73. The average Bonchev–Trinajstić information content (AvgIpc) is 2.34. The summed E-state index contributed by atoms with van der Waals surface area (Å²) < 4.78 is 5.13. The molecule has 1 aromatic rings. The van der Waals surface area contributed by atoms with E-state index in [1.165, 1.54) is 0 Å². The molecule has 0 spiro atoms. The van der Waals surface area contributed by atoms with E-state index >= 15 is 0 Å². The van der Waals surface area contributed by atoms with E-state index in [2.05, 4.69) is 0 Å². The third-order valence-electron chi connectivity index (χ3n) is 2.19. The second kappa shape index (κ2) is 7.65. The minimum absolute atomic E-state index is 0.0235. The van der Waals surface area contributed by atoms with Crippen LogP contribution in [0.5, 0.6) is 0 Å². The van der Waals surface area contributed by atoms with Crippen LogP contribution < -0.4 is 4.90 Å². The zero-order chi connectivity index (χ0) is 12.5. The van der Waals surface area contributed by atoms with E-state index < -0.39 is 5.97 Å². The molecule has 0 aliphatic heterocycles. The lowest BCUT2D eigenvalue weighted by atomic mass is 10.3. The zero-order valence-electron chi connectivity index (χ0n) is 9.58. The number of aliphatic hydroxyl groups excluding tert-OH is 1. The van der Waals surface area contributed by atoms with Gasteiger partial charge in [-0.25, -0.2) is 0 Å². The maximum Gasteiger partial charge on any atom is 0.323 e. The number of carboxylic acids is 1. The third-order valence-corrected chi connectivity index (χ3v) is 2.19. The molecule has 17 heavy (non-hydrogen) atoms. The highest BCUT2D eigenvalue weighted by Crippen LogP contribution is 2.12. The minimum Gasteiger partial charge on any atom is -0.480 e. The molecule has 0 aliphatic carbocycles. The number of hydrogen-bond acceptors (Lipinski definition) is 4. The van der Waals surface area contributed by atoms with Crippen LogP contribution in [0.15, 0.2) is 30.3 Å². The van der Waals surface area contributed by atoms with E-state index in [1.807, 2.05) is 30.3 Å². The molecule has 0 bridgehead atoms. The number of para-hydroxylation sites is 1. The quantitative estimate of drug-likeness (QED) is 0.650. The first-order valence-electron chi connectivity index (χ1n) is 5.44. The topological polar surface area (TPSA) is 70.0 Å². The lowest BCUT2D eigenvalue weighted by Crippen LogP contribution is -2.32. The molecule has 0 aromatic heterocycles. The molecule has 0 fully saturated rings. The number of hydrogen-bond donors (Lipinski definition) is 2. The van der Waals surface area contributed by atoms with Crippen LogP contribution in [0, 0.1) is 0 Å². The second-order valence-corrected chi connectivity index (χ2v) is 3.49. The van der Waals surface area contributed by atoms with Gasteiger partial charge in [-0.1, -0.05) is 18.2 Å². The molecule has 0 saturated heterocycles. The molecule has 0 saturated carbocycles. The summed E-state index contributed by atoms with van der Waals surface area (Å²) >= 11 is 0. The van der Waals surface area contributed by atoms with E-state index in [0.29, 0.717) is 13.2 Å². The van der Waals surface area contributed by atoms with Crippen molar-refractivity contribution < 1.29 is 19.7 Å². The standard InChI is InChI=1S/C12H17NO4/c14-7-9-17-8-6-13(10-12(15)16)11-4-2-1-3-5-11/h1-5,14H,6-10H2,(H,15,16). The number of nitrogens with zero attached hydrogens (tertiary/aromatic N) is 1. The van der Waals surface area contributed by atoms with Gasteiger partial charge in [-0.2, -0.15) is 0 Å². The Kier molecular flexibility index (Phi) is 6.06. The summed E-state index contributed by atoms with van der Waals surface area (Å²) in [6.45, 7) is 1.06. The molecule has 1 rings (SSSR count). The number of anilines is 1. The maximum absolute atomic E-state index is 10.7. The molecule has 2 N–H and O–H groups in total. The fourth-order valence-electron chi connectivity index (χ4n) is 1.44. The van der Waals surface area contributed by atoms with Gasteiger partial charge in [-0.15, -0.1) is 0 Å². The molecule has 0 heterocycles. The molecule has 5 heteroatoms. The molecule has 5 nitrogen and oxygen atoms in total. The summed E-state index contributed by atoms with van der Waals surface area (Å²) in [5.41, 5.74) is 0.850. The first-order chi connectivity index (χ1) is 8.24. The van der Waals surface area contributed by atoms with Crippen LogP contribution >= 0.6 is 0 Å². The smallest absolute Gasteiger partial charge is 0.323 e. The Labute approximate surface area is 100 Å². The molecule has 0 aliphatic rings. The highest BCUT2D eigenvalue weighted by Gasteiger charge is 2.09. The van der Waals surface area contributed by atoms with Crippen molar-refractivity contribution in [2.24, 2.45) is 0 Å². The number of carboxylic acid groups (broad SMARTS) is 1. The predicted octanol–water partition coefficient (Wildman–Crippen LogP) is 0.586. The lowest BCUT2D eigenvalue weighted by Gasteiger charge is -2.22. The SMILES string of the molecule is O=C(O)CN(CCOCCO)c1ccccc1. The van der Waals surface area contributed by atoms with Gasteiger partial charge in [0.15, 0.2) is 0 Å². The van der Waals surface area contributed by atoms with Gasteiger partial charge in [0.25, 0.3) is 0 Å². The van der Waals surface area contributed by atoms with Crippen LogP contribution in [0.1, 0.15) is 0 Å². The maximum atomic E-state index is 10.7. The molecule has 0 radical (unpaired) electrons. The van der Waals surface area contributed by atoms with Crippen molar-refractivity contribution in [1.82, 2.24) is 0 Å². The van der Waals surface area contributed by atoms with Gasteiger partial charge in [0, 0.05) is 12.2 Å². The average molecular weight is 239 g/mol. The Morgan fingerprint density at radius 1 is 1.24 bits per heavy atom. The van der Waals surface area contributed by atoms with E-state index in [4.69, 9.17) is 14.9 Å². The number of ether oxygens (including phenoxy) is 1. The summed E-state index contributed by atoms with van der Waals surface area (Å²) in [5, 5.41) is 17.4. The summed E-state index contributed by atoms with van der Waals surface area (Å²) in [5.74, 6) is -0.879. The summed E-state index contributed by atoms with van der Waals surface area (Å²) in [4.78, 5) is 12.5. The largest absolute Gasteiger partial charge is 0.480 e. The van der Waals surface area contributed by atoms with Gasteiger partial charge in [-0.05, 0) is 12.1 Å². The minimum atomic E-state index is -0.879. The van der Waals surface area contributed by atoms with E-state index in [1.54, 1.807) is 4.90 Å². The third kappa shape index (κ3) is 5.33. The van der Waals surface area contributed by atoms with Gasteiger partial charge in [0.2, 0.25) is 0 Å². The number of aliphatic hydroxyl groups is 1. The Hall–Kier alpha value is -1.59. The molecule has 1 aromatic carbocycles. The molecular weight excluding hydrogens is 222 g/mol. The number of rotatable bonds is 8. The van der Waals surface area contributed by atoms with Gasteiger partial charge >= 0.3 is 5.97 Å².